The second-order valence-electron chi connectivity index (χ2n) is 3.02. The molecule has 0 aliphatic heterocycles. The number of benzene rings is 1. The van der Waals surface area contributed by atoms with Gasteiger partial charge in [0.05, 0.1) is 6.54 Å². The van der Waals surface area contributed by atoms with Crippen LogP contribution < -0.4 is 5.32 Å². The highest BCUT2D eigenvalue weighted by Gasteiger charge is 1.89. The molecule has 0 heterocycles. The molecule has 0 aromatic heterocycles. The van der Waals surface area contributed by atoms with Crippen molar-refractivity contribution in [3.05, 3.63) is 35.4 Å². The molecular formula is C12H15N. The van der Waals surface area contributed by atoms with Crippen molar-refractivity contribution in [2.24, 2.45) is 0 Å². The molecule has 68 valence electrons. The normalized spacial score (nSPS) is 9.08. The minimum Gasteiger partial charge on any atom is -0.302 e. The lowest BCUT2D eigenvalue weighted by atomic mass is 10.1. The zero-order valence-electron chi connectivity index (χ0n) is 8.22. The van der Waals surface area contributed by atoms with Crippen LogP contribution in [0.1, 0.15) is 18.1 Å². The Morgan fingerprint density at radius 2 is 1.92 bits per heavy atom. The average Bonchev–Trinajstić information content (AvgIpc) is 2.15. The summed E-state index contributed by atoms with van der Waals surface area (Å²) in [6.45, 7) is 5.62. The van der Waals surface area contributed by atoms with Crippen LogP contribution in [-0.4, -0.2) is 6.54 Å². The molecule has 0 atom stereocenters. The summed E-state index contributed by atoms with van der Waals surface area (Å²) in [7, 11) is 0. The second-order valence-corrected chi connectivity index (χ2v) is 3.02. The minimum absolute atomic E-state index is 0.768. The maximum Gasteiger partial charge on any atom is 0.0578 e. The molecule has 0 fully saturated rings. The van der Waals surface area contributed by atoms with E-state index in [1.807, 2.05) is 6.92 Å². The molecule has 1 aromatic rings. The smallest absolute Gasteiger partial charge is 0.0578 e. The number of hydrogen-bond acceptors (Lipinski definition) is 1. The Morgan fingerprint density at radius 3 is 2.54 bits per heavy atom. The number of rotatable bonds is 3. The van der Waals surface area contributed by atoms with Crippen LogP contribution in [0.5, 0.6) is 0 Å². The average molecular weight is 173 g/mol. The maximum atomic E-state index is 3.25. The van der Waals surface area contributed by atoms with Gasteiger partial charge in [-0.25, -0.2) is 0 Å². The molecule has 0 aliphatic rings. The largest absolute Gasteiger partial charge is 0.302 e. The van der Waals surface area contributed by atoms with E-state index in [2.05, 4.69) is 48.3 Å². The number of nitrogens with one attached hydrogen (secondary N) is 1. The van der Waals surface area contributed by atoms with E-state index in [4.69, 9.17) is 0 Å². The van der Waals surface area contributed by atoms with Crippen molar-refractivity contribution in [3.63, 3.8) is 0 Å². The van der Waals surface area contributed by atoms with Gasteiger partial charge < -0.3 is 5.32 Å². The zero-order chi connectivity index (χ0) is 9.52. The molecule has 1 N–H and O–H groups in total. The first-order chi connectivity index (χ1) is 6.33. The van der Waals surface area contributed by atoms with Crippen LogP contribution >= 0.6 is 0 Å². The molecule has 0 amide bonds. The van der Waals surface area contributed by atoms with E-state index < -0.39 is 0 Å². The third-order valence-corrected chi connectivity index (χ3v) is 1.84. The lowest BCUT2D eigenvalue weighted by Gasteiger charge is -2.01. The van der Waals surface area contributed by atoms with Gasteiger partial charge >= 0.3 is 0 Å². The molecule has 0 spiro atoms. The van der Waals surface area contributed by atoms with E-state index in [0.717, 1.165) is 13.1 Å². The van der Waals surface area contributed by atoms with Gasteiger partial charge in [0.1, 0.15) is 0 Å². The SMILES string of the molecule is CC#CCNCc1ccc(C)cc1. The molecule has 0 saturated carbocycles. The topological polar surface area (TPSA) is 12.0 Å². The summed E-state index contributed by atoms with van der Waals surface area (Å²) in [5, 5.41) is 3.25. The van der Waals surface area contributed by atoms with Gasteiger partial charge in [0, 0.05) is 6.54 Å². The van der Waals surface area contributed by atoms with Gasteiger partial charge in [-0.1, -0.05) is 35.7 Å². The second kappa shape index (κ2) is 5.40. The van der Waals surface area contributed by atoms with Gasteiger partial charge in [-0.05, 0) is 19.4 Å². The molecular weight excluding hydrogens is 158 g/mol. The molecule has 0 saturated heterocycles. The van der Waals surface area contributed by atoms with Crippen molar-refractivity contribution in [2.45, 2.75) is 20.4 Å². The standard InChI is InChI=1S/C12H15N/c1-3-4-9-13-10-12-7-5-11(2)6-8-12/h5-8,13H,9-10H2,1-2H3. The lowest BCUT2D eigenvalue weighted by Crippen LogP contribution is -2.12. The van der Waals surface area contributed by atoms with E-state index in [9.17, 15) is 0 Å². The Bertz CT molecular complexity index is 300. The molecule has 1 aromatic carbocycles. The van der Waals surface area contributed by atoms with Crippen molar-refractivity contribution in [1.82, 2.24) is 5.32 Å². The predicted molar refractivity (Wildman–Crippen MR) is 56.3 cm³/mol. The Labute approximate surface area is 80.2 Å². The number of hydrogen-bond donors (Lipinski definition) is 1. The van der Waals surface area contributed by atoms with Crippen molar-refractivity contribution in [2.75, 3.05) is 6.54 Å². The van der Waals surface area contributed by atoms with Gasteiger partial charge in [-0.3, -0.25) is 0 Å². The van der Waals surface area contributed by atoms with Crippen LogP contribution in [0.4, 0.5) is 0 Å². The molecule has 0 bridgehead atoms. The van der Waals surface area contributed by atoms with Gasteiger partial charge in [0.25, 0.3) is 0 Å². The first kappa shape index (κ1) is 9.83. The first-order valence-corrected chi connectivity index (χ1v) is 4.49. The van der Waals surface area contributed by atoms with Gasteiger partial charge in [-0.15, -0.1) is 5.92 Å². The minimum atomic E-state index is 0.768. The molecule has 13 heavy (non-hydrogen) atoms. The van der Waals surface area contributed by atoms with Crippen LogP contribution in [0.25, 0.3) is 0 Å². The van der Waals surface area contributed by atoms with Crippen LogP contribution in [-0.2, 0) is 6.54 Å². The summed E-state index contributed by atoms with van der Waals surface area (Å²) in [6, 6.07) is 8.54. The summed E-state index contributed by atoms with van der Waals surface area (Å²) in [5.74, 6) is 5.82. The molecule has 1 rings (SSSR count). The molecule has 0 aliphatic carbocycles. The summed E-state index contributed by atoms with van der Waals surface area (Å²) in [5.41, 5.74) is 2.61. The fourth-order valence-corrected chi connectivity index (χ4v) is 1.06. The van der Waals surface area contributed by atoms with Crippen molar-refractivity contribution < 1.29 is 0 Å². The molecule has 1 nitrogen and oxygen atoms in total. The van der Waals surface area contributed by atoms with Crippen molar-refractivity contribution in [1.29, 1.82) is 0 Å². The highest BCUT2D eigenvalue weighted by molar-refractivity contribution is 5.21. The van der Waals surface area contributed by atoms with Gasteiger partial charge in [-0.2, -0.15) is 0 Å². The Morgan fingerprint density at radius 1 is 1.23 bits per heavy atom. The Balaban J connectivity index is 2.36. The summed E-state index contributed by atoms with van der Waals surface area (Å²) in [4.78, 5) is 0. The van der Waals surface area contributed by atoms with E-state index in [1.54, 1.807) is 0 Å². The summed E-state index contributed by atoms with van der Waals surface area (Å²) < 4.78 is 0. The lowest BCUT2D eigenvalue weighted by molar-refractivity contribution is 0.770. The van der Waals surface area contributed by atoms with E-state index in [-0.39, 0.29) is 0 Å². The third-order valence-electron chi connectivity index (χ3n) is 1.84. The first-order valence-electron chi connectivity index (χ1n) is 4.49. The number of aryl methyl sites for hydroxylation is 1. The van der Waals surface area contributed by atoms with Crippen LogP contribution in [0.15, 0.2) is 24.3 Å². The molecule has 0 radical (unpaired) electrons. The summed E-state index contributed by atoms with van der Waals surface area (Å²) >= 11 is 0. The van der Waals surface area contributed by atoms with Gasteiger partial charge in [0.15, 0.2) is 0 Å². The fraction of sp³-hybridized carbons (Fsp3) is 0.333. The molecule has 1 heteroatoms. The Kier molecular flexibility index (Phi) is 4.08. The molecule has 0 unspecified atom stereocenters. The van der Waals surface area contributed by atoms with Crippen LogP contribution in [0, 0.1) is 18.8 Å². The van der Waals surface area contributed by atoms with Crippen LogP contribution in [0.3, 0.4) is 0 Å². The van der Waals surface area contributed by atoms with E-state index in [0.29, 0.717) is 0 Å². The van der Waals surface area contributed by atoms with Crippen molar-refractivity contribution >= 4 is 0 Å². The van der Waals surface area contributed by atoms with E-state index in [1.165, 1.54) is 11.1 Å². The highest BCUT2D eigenvalue weighted by atomic mass is 14.8. The van der Waals surface area contributed by atoms with Crippen LogP contribution in [0.2, 0.25) is 0 Å². The highest BCUT2D eigenvalue weighted by Crippen LogP contribution is 2.01. The summed E-state index contributed by atoms with van der Waals surface area (Å²) in [6.07, 6.45) is 0. The Hall–Kier alpha value is -1.26. The zero-order valence-corrected chi connectivity index (χ0v) is 8.22. The third kappa shape index (κ3) is 3.78. The van der Waals surface area contributed by atoms with E-state index >= 15 is 0 Å². The quantitative estimate of drug-likeness (QED) is 0.545. The van der Waals surface area contributed by atoms with Crippen molar-refractivity contribution in [3.8, 4) is 11.8 Å². The van der Waals surface area contributed by atoms with Gasteiger partial charge in [0.2, 0.25) is 0 Å². The maximum absolute atomic E-state index is 3.25. The fourth-order valence-electron chi connectivity index (χ4n) is 1.06. The predicted octanol–water partition coefficient (Wildman–Crippen LogP) is 2.11. The monoisotopic (exact) mass is 173 g/mol.